The molecule has 1 aliphatic heterocycles. The number of hydrogen-bond acceptors (Lipinski definition) is 5. The second kappa shape index (κ2) is 6.93. The molecule has 2 unspecified atom stereocenters. The number of hydrogen-bond donors (Lipinski definition) is 1. The van der Waals surface area contributed by atoms with Crippen LogP contribution in [0.25, 0.3) is 0 Å². The quantitative estimate of drug-likeness (QED) is 0.867. The summed E-state index contributed by atoms with van der Waals surface area (Å²) in [6.45, 7) is 10.2. The summed E-state index contributed by atoms with van der Waals surface area (Å²) < 4.78 is 5.96. The predicted octanol–water partition coefficient (Wildman–Crippen LogP) is 1.24. The maximum Gasteiger partial charge on any atom is 0.0913 e. The van der Waals surface area contributed by atoms with E-state index in [4.69, 9.17) is 4.74 Å². The van der Waals surface area contributed by atoms with Crippen LogP contribution in [0.1, 0.15) is 32.5 Å². The van der Waals surface area contributed by atoms with Gasteiger partial charge in [-0.2, -0.15) is 0 Å². The SMILES string of the molecule is CCNC(c1cnccn1)C1CN(C(C)C)CCO1. The molecule has 0 aromatic carbocycles. The van der Waals surface area contributed by atoms with Gasteiger partial charge in [-0.05, 0) is 20.4 Å². The van der Waals surface area contributed by atoms with E-state index in [1.54, 1.807) is 12.4 Å². The highest BCUT2D eigenvalue weighted by atomic mass is 16.5. The molecule has 0 saturated carbocycles. The smallest absolute Gasteiger partial charge is 0.0913 e. The van der Waals surface area contributed by atoms with E-state index < -0.39 is 0 Å². The van der Waals surface area contributed by atoms with Gasteiger partial charge in [-0.15, -0.1) is 0 Å². The van der Waals surface area contributed by atoms with Crippen LogP contribution >= 0.6 is 0 Å². The number of aromatic nitrogens is 2. The first kappa shape index (κ1) is 14.4. The Balaban J connectivity index is 2.10. The summed E-state index contributed by atoms with van der Waals surface area (Å²) in [4.78, 5) is 11.0. The third kappa shape index (κ3) is 3.72. The lowest BCUT2D eigenvalue weighted by molar-refractivity contribution is -0.0565. The minimum Gasteiger partial charge on any atom is -0.374 e. The Bertz CT molecular complexity index is 371. The van der Waals surface area contributed by atoms with E-state index in [1.807, 2.05) is 6.20 Å². The average molecular weight is 264 g/mol. The van der Waals surface area contributed by atoms with Crippen LogP contribution < -0.4 is 5.32 Å². The van der Waals surface area contributed by atoms with E-state index in [0.717, 1.165) is 31.9 Å². The van der Waals surface area contributed by atoms with Crippen LogP contribution in [-0.4, -0.2) is 53.3 Å². The van der Waals surface area contributed by atoms with Gasteiger partial charge in [0.15, 0.2) is 0 Å². The molecule has 0 amide bonds. The summed E-state index contributed by atoms with van der Waals surface area (Å²) in [7, 11) is 0. The van der Waals surface area contributed by atoms with Crippen LogP contribution in [0.15, 0.2) is 18.6 Å². The Kier molecular flexibility index (Phi) is 5.24. The Morgan fingerprint density at radius 3 is 2.95 bits per heavy atom. The lowest BCUT2D eigenvalue weighted by Gasteiger charge is -2.38. The van der Waals surface area contributed by atoms with Crippen LogP contribution in [0, 0.1) is 0 Å². The van der Waals surface area contributed by atoms with Gasteiger partial charge in [0.25, 0.3) is 0 Å². The molecule has 0 aliphatic carbocycles. The molecular weight excluding hydrogens is 240 g/mol. The normalized spacial score (nSPS) is 22.6. The molecule has 2 heterocycles. The first-order valence-corrected chi connectivity index (χ1v) is 7.07. The van der Waals surface area contributed by atoms with Crippen molar-refractivity contribution >= 4 is 0 Å². The van der Waals surface area contributed by atoms with E-state index in [1.165, 1.54) is 0 Å². The third-order valence-corrected chi connectivity index (χ3v) is 3.55. The van der Waals surface area contributed by atoms with Crippen LogP contribution in [0.4, 0.5) is 0 Å². The van der Waals surface area contributed by atoms with E-state index >= 15 is 0 Å². The van der Waals surface area contributed by atoms with Crippen LogP contribution in [0.5, 0.6) is 0 Å². The van der Waals surface area contributed by atoms with Crippen molar-refractivity contribution in [1.82, 2.24) is 20.2 Å². The zero-order chi connectivity index (χ0) is 13.7. The molecule has 1 aromatic rings. The van der Waals surface area contributed by atoms with Gasteiger partial charge in [0, 0.05) is 31.5 Å². The minimum atomic E-state index is 0.111. The van der Waals surface area contributed by atoms with Gasteiger partial charge in [0.1, 0.15) is 0 Å². The summed E-state index contributed by atoms with van der Waals surface area (Å²) in [5.41, 5.74) is 0.958. The third-order valence-electron chi connectivity index (χ3n) is 3.55. The molecule has 2 atom stereocenters. The van der Waals surface area contributed by atoms with Crippen molar-refractivity contribution in [2.75, 3.05) is 26.2 Å². The number of nitrogens with one attached hydrogen (secondary N) is 1. The number of rotatable bonds is 5. The monoisotopic (exact) mass is 264 g/mol. The van der Waals surface area contributed by atoms with Crippen molar-refractivity contribution in [3.63, 3.8) is 0 Å². The lowest BCUT2D eigenvalue weighted by atomic mass is 10.0. The van der Waals surface area contributed by atoms with Gasteiger partial charge in [-0.25, -0.2) is 0 Å². The molecule has 0 spiro atoms. The highest BCUT2D eigenvalue weighted by molar-refractivity contribution is 5.06. The Morgan fingerprint density at radius 1 is 1.47 bits per heavy atom. The molecule has 1 saturated heterocycles. The number of morpholine rings is 1. The van der Waals surface area contributed by atoms with Gasteiger partial charge in [-0.1, -0.05) is 6.92 Å². The van der Waals surface area contributed by atoms with Crippen LogP contribution in [-0.2, 0) is 4.74 Å². The topological polar surface area (TPSA) is 50.3 Å². The molecule has 2 rings (SSSR count). The van der Waals surface area contributed by atoms with Crippen LogP contribution in [0.3, 0.4) is 0 Å². The molecule has 1 N–H and O–H groups in total. The maximum atomic E-state index is 5.96. The first-order valence-electron chi connectivity index (χ1n) is 7.07. The van der Waals surface area contributed by atoms with E-state index in [2.05, 4.69) is 41.0 Å². The van der Waals surface area contributed by atoms with Crippen molar-refractivity contribution < 1.29 is 4.74 Å². The molecule has 106 valence electrons. The molecular formula is C14H24N4O. The van der Waals surface area contributed by atoms with E-state index in [-0.39, 0.29) is 12.1 Å². The van der Waals surface area contributed by atoms with Gasteiger partial charge in [-0.3, -0.25) is 14.9 Å². The predicted molar refractivity (Wildman–Crippen MR) is 74.9 cm³/mol. The minimum absolute atomic E-state index is 0.111. The van der Waals surface area contributed by atoms with Crippen molar-refractivity contribution in [3.8, 4) is 0 Å². The summed E-state index contributed by atoms with van der Waals surface area (Å²) >= 11 is 0. The summed E-state index contributed by atoms with van der Waals surface area (Å²) in [5.74, 6) is 0. The summed E-state index contributed by atoms with van der Waals surface area (Å²) in [6, 6.07) is 0.663. The molecule has 5 heteroatoms. The van der Waals surface area contributed by atoms with Gasteiger partial charge in [0.05, 0.1) is 30.6 Å². The fourth-order valence-corrected chi connectivity index (χ4v) is 2.48. The van der Waals surface area contributed by atoms with Crippen molar-refractivity contribution in [3.05, 3.63) is 24.3 Å². The molecule has 1 aromatic heterocycles. The van der Waals surface area contributed by atoms with Gasteiger partial charge in [0.2, 0.25) is 0 Å². The van der Waals surface area contributed by atoms with Crippen molar-refractivity contribution in [2.24, 2.45) is 0 Å². The lowest BCUT2D eigenvalue weighted by Crippen LogP contribution is -2.50. The highest BCUT2D eigenvalue weighted by Gasteiger charge is 2.30. The Morgan fingerprint density at radius 2 is 2.32 bits per heavy atom. The molecule has 5 nitrogen and oxygen atoms in total. The fraction of sp³-hybridized carbons (Fsp3) is 0.714. The van der Waals surface area contributed by atoms with Crippen molar-refractivity contribution in [1.29, 1.82) is 0 Å². The Hall–Kier alpha value is -1.04. The Labute approximate surface area is 115 Å². The first-order chi connectivity index (χ1) is 9.22. The largest absolute Gasteiger partial charge is 0.374 e. The zero-order valence-corrected chi connectivity index (χ0v) is 12.0. The standard InChI is InChI=1S/C14H24N4O/c1-4-16-14(12-9-15-5-6-17-12)13-10-18(11(2)3)7-8-19-13/h5-6,9,11,13-14,16H,4,7-8,10H2,1-3H3. The molecule has 1 fully saturated rings. The van der Waals surface area contributed by atoms with Crippen molar-refractivity contribution in [2.45, 2.75) is 39.0 Å². The second-order valence-electron chi connectivity index (χ2n) is 5.16. The van der Waals surface area contributed by atoms with Crippen LogP contribution in [0.2, 0.25) is 0 Å². The zero-order valence-electron chi connectivity index (χ0n) is 12.0. The second-order valence-corrected chi connectivity index (χ2v) is 5.16. The maximum absolute atomic E-state index is 5.96. The molecule has 0 radical (unpaired) electrons. The highest BCUT2D eigenvalue weighted by Crippen LogP contribution is 2.21. The number of likely N-dealkylation sites (N-methyl/N-ethyl adjacent to an activating group) is 1. The summed E-state index contributed by atoms with van der Waals surface area (Å²) in [5, 5.41) is 3.47. The number of nitrogens with zero attached hydrogens (tertiary/aromatic N) is 3. The molecule has 19 heavy (non-hydrogen) atoms. The molecule has 0 bridgehead atoms. The number of ether oxygens (including phenoxy) is 1. The molecule has 1 aliphatic rings. The van der Waals surface area contributed by atoms with Gasteiger partial charge < -0.3 is 10.1 Å². The average Bonchev–Trinajstić information content (AvgIpc) is 2.46. The van der Waals surface area contributed by atoms with E-state index in [9.17, 15) is 0 Å². The van der Waals surface area contributed by atoms with E-state index in [0.29, 0.717) is 6.04 Å². The van der Waals surface area contributed by atoms with Gasteiger partial charge >= 0.3 is 0 Å². The summed E-state index contributed by atoms with van der Waals surface area (Å²) in [6.07, 6.45) is 5.40. The fourth-order valence-electron chi connectivity index (χ4n) is 2.48.